The minimum Gasteiger partial charge on any atom is -0.484 e. The quantitative estimate of drug-likeness (QED) is 0.117. The first-order chi connectivity index (χ1) is 27.0. The van der Waals surface area contributed by atoms with Gasteiger partial charge in [-0.2, -0.15) is 5.26 Å². The monoisotopic (exact) mass is 780 g/mol. The smallest absolute Gasteiger partial charge is 0.331 e. The summed E-state index contributed by atoms with van der Waals surface area (Å²) in [5.41, 5.74) is 0.813. The molecule has 3 heterocycles. The van der Waals surface area contributed by atoms with Gasteiger partial charge >= 0.3 is 5.69 Å². The molecule has 0 atom stereocenters. The highest BCUT2D eigenvalue weighted by Gasteiger charge is 2.37. The number of ether oxygens (including phenoxy) is 4. The van der Waals surface area contributed by atoms with Crippen LogP contribution in [-0.4, -0.2) is 133 Å². The molecule has 0 bridgehead atoms. The van der Waals surface area contributed by atoms with Gasteiger partial charge < -0.3 is 39.5 Å². The number of fused-ring (bicyclic) bond motifs is 1. The van der Waals surface area contributed by atoms with E-state index < -0.39 is 11.4 Å². The molecule has 3 N–H and O–H groups in total. The van der Waals surface area contributed by atoms with Gasteiger partial charge in [-0.3, -0.25) is 33.2 Å². The van der Waals surface area contributed by atoms with Crippen molar-refractivity contribution in [2.75, 3.05) is 85.5 Å². The highest BCUT2D eigenvalue weighted by Crippen LogP contribution is 2.24. The van der Waals surface area contributed by atoms with E-state index in [0.717, 1.165) is 12.0 Å². The summed E-state index contributed by atoms with van der Waals surface area (Å²) in [5, 5.41) is 14.1. The second-order valence-corrected chi connectivity index (χ2v) is 14.0. The van der Waals surface area contributed by atoms with E-state index >= 15 is 0 Å². The fourth-order valence-corrected chi connectivity index (χ4v) is 6.22. The number of hydrogen-bond donors (Lipinski definition) is 3. The molecule has 56 heavy (non-hydrogen) atoms. The van der Waals surface area contributed by atoms with Crippen LogP contribution >= 0.6 is 0 Å². The lowest BCUT2D eigenvalue weighted by molar-refractivity contribution is -0.138. The number of aromatic nitrogens is 3. The Labute approximate surface area is 326 Å². The molecule has 0 spiro atoms. The third-order valence-corrected chi connectivity index (χ3v) is 9.61. The maximum Gasteiger partial charge on any atom is 0.331 e. The van der Waals surface area contributed by atoms with Crippen LogP contribution < -0.4 is 26.6 Å². The molecule has 3 amide bonds. The van der Waals surface area contributed by atoms with E-state index in [0.29, 0.717) is 121 Å². The number of piperazine rings is 1. The fourth-order valence-electron chi connectivity index (χ4n) is 6.22. The molecule has 1 aliphatic rings. The Morgan fingerprint density at radius 2 is 1.55 bits per heavy atom. The molecule has 1 saturated heterocycles. The molecule has 17 heteroatoms. The van der Waals surface area contributed by atoms with Gasteiger partial charge in [-0.15, -0.1) is 0 Å². The molecular formula is C39H56N8O9. The molecule has 0 unspecified atom stereocenters. The van der Waals surface area contributed by atoms with Crippen LogP contribution in [0.15, 0.2) is 39.9 Å². The highest BCUT2D eigenvalue weighted by atomic mass is 16.5. The average molecular weight is 781 g/mol. The number of benzene rings is 1. The molecule has 1 aliphatic heterocycles. The van der Waals surface area contributed by atoms with Crippen molar-refractivity contribution in [1.82, 2.24) is 34.6 Å². The van der Waals surface area contributed by atoms with Crippen molar-refractivity contribution in [3.05, 3.63) is 51.2 Å². The summed E-state index contributed by atoms with van der Waals surface area (Å²) in [7, 11) is 1.64. The molecule has 0 saturated carbocycles. The Hall–Kier alpha value is -5.02. The Bertz CT molecular complexity index is 1900. The molecule has 2 aromatic heterocycles. The number of rotatable bonds is 23. The van der Waals surface area contributed by atoms with Gasteiger partial charge in [0.2, 0.25) is 11.8 Å². The van der Waals surface area contributed by atoms with Gasteiger partial charge in [0.25, 0.3) is 11.5 Å². The standard InChI is InChI=1S/C39H56N8O9/c1-5-15-47-36(50)35-32(44(4)38(47)52)26-31(43-35)29-9-11-30(12-10-29)56-28-33(48)42-27-34(49)45-16-18-46(19-17-45)39(2,3)37(51)41-14-8-21-54-23-25-55-24-22-53-20-7-6-13-40/h9-12,26,43H,5-8,14-25,27-28H2,1-4H3,(H,41,51)(H,42,48). The van der Waals surface area contributed by atoms with Crippen LogP contribution in [0.2, 0.25) is 0 Å². The summed E-state index contributed by atoms with van der Waals surface area (Å²) in [6, 6.07) is 10.8. The van der Waals surface area contributed by atoms with E-state index in [1.807, 2.05) is 20.8 Å². The number of unbranched alkanes of at least 4 members (excludes halogenated alkanes) is 1. The zero-order chi connectivity index (χ0) is 40.5. The highest BCUT2D eigenvalue weighted by molar-refractivity contribution is 5.86. The molecule has 0 aliphatic carbocycles. The molecular weight excluding hydrogens is 724 g/mol. The van der Waals surface area contributed by atoms with E-state index in [2.05, 4.69) is 26.6 Å². The lowest BCUT2D eigenvalue weighted by Crippen LogP contribution is -2.61. The van der Waals surface area contributed by atoms with Crippen LogP contribution in [0.5, 0.6) is 5.75 Å². The first-order valence-corrected chi connectivity index (χ1v) is 19.2. The van der Waals surface area contributed by atoms with Crippen LogP contribution in [0.1, 0.15) is 46.5 Å². The van der Waals surface area contributed by atoms with Crippen LogP contribution in [0, 0.1) is 11.3 Å². The predicted octanol–water partition coefficient (Wildman–Crippen LogP) is 1.38. The maximum atomic E-state index is 13.0. The van der Waals surface area contributed by atoms with Crippen molar-refractivity contribution in [2.24, 2.45) is 7.05 Å². The van der Waals surface area contributed by atoms with Crippen molar-refractivity contribution in [1.29, 1.82) is 5.26 Å². The number of nitrogens with zero attached hydrogens (tertiary/aromatic N) is 5. The minimum atomic E-state index is -0.766. The fraction of sp³-hybridized carbons (Fsp3) is 0.590. The van der Waals surface area contributed by atoms with Gasteiger partial charge in [-0.25, -0.2) is 4.79 Å². The number of nitriles is 1. The van der Waals surface area contributed by atoms with Crippen molar-refractivity contribution in [3.63, 3.8) is 0 Å². The second-order valence-electron chi connectivity index (χ2n) is 14.0. The van der Waals surface area contributed by atoms with Gasteiger partial charge in [0.15, 0.2) is 6.61 Å². The third-order valence-electron chi connectivity index (χ3n) is 9.61. The Kier molecular flexibility index (Phi) is 17.1. The zero-order valence-corrected chi connectivity index (χ0v) is 33.0. The number of carbonyl (C=O) groups excluding carboxylic acids is 3. The number of aryl methyl sites for hydroxylation is 1. The van der Waals surface area contributed by atoms with E-state index in [4.69, 9.17) is 24.2 Å². The molecule has 306 valence electrons. The van der Waals surface area contributed by atoms with Crippen molar-refractivity contribution >= 4 is 28.8 Å². The van der Waals surface area contributed by atoms with E-state index in [9.17, 15) is 24.0 Å². The topological polar surface area (TPSA) is 202 Å². The van der Waals surface area contributed by atoms with E-state index in [1.54, 1.807) is 42.3 Å². The molecule has 17 nitrogen and oxygen atoms in total. The Morgan fingerprint density at radius 3 is 2.20 bits per heavy atom. The maximum absolute atomic E-state index is 13.0. The number of hydrogen-bond acceptors (Lipinski definition) is 11. The zero-order valence-electron chi connectivity index (χ0n) is 33.0. The summed E-state index contributed by atoms with van der Waals surface area (Å²) in [5.74, 6) is -0.305. The third kappa shape index (κ3) is 12.2. The molecule has 0 radical (unpaired) electrons. The summed E-state index contributed by atoms with van der Waals surface area (Å²) < 4.78 is 24.7. The van der Waals surface area contributed by atoms with Gasteiger partial charge in [-0.05, 0) is 69.0 Å². The largest absolute Gasteiger partial charge is 0.484 e. The Morgan fingerprint density at radius 1 is 0.911 bits per heavy atom. The van der Waals surface area contributed by atoms with Crippen LogP contribution in [-0.2, 0) is 42.2 Å². The van der Waals surface area contributed by atoms with Gasteiger partial charge in [-0.1, -0.05) is 6.92 Å². The molecule has 1 aromatic carbocycles. The van der Waals surface area contributed by atoms with Gasteiger partial charge in [0.05, 0.1) is 50.1 Å². The number of nitrogens with one attached hydrogen (secondary N) is 3. The molecule has 3 aromatic rings. The first kappa shape index (κ1) is 43.7. The number of carbonyl (C=O) groups is 3. The SMILES string of the molecule is CCCn1c(=O)c2[nH]c(-c3ccc(OCC(=O)NCC(=O)N4CCN(C(C)(C)C(=O)NCCCOCCOCCOCCCC#N)CC4)cc3)cc2n(C)c1=O. The Balaban J connectivity index is 1.09. The van der Waals surface area contributed by atoms with E-state index in [1.165, 1.54) is 9.13 Å². The lowest BCUT2D eigenvalue weighted by atomic mass is 10.00. The van der Waals surface area contributed by atoms with Gasteiger partial charge in [0.1, 0.15) is 11.3 Å². The lowest BCUT2D eigenvalue weighted by Gasteiger charge is -2.43. The number of amides is 3. The first-order valence-electron chi connectivity index (χ1n) is 19.2. The van der Waals surface area contributed by atoms with Crippen molar-refractivity contribution in [3.8, 4) is 23.1 Å². The summed E-state index contributed by atoms with van der Waals surface area (Å²) in [6.07, 6.45) is 2.54. The molecule has 4 rings (SSSR count). The second kappa shape index (κ2) is 21.9. The van der Waals surface area contributed by atoms with Crippen LogP contribution in [0.4, 0.5) is 0 Å². The number of H-pyrrole nitrogens is 1. The van der Waals surface area contributed by atoms with Gasteiger partial charge in [0, 0.05) is 71.6 Å². The van der Waals surface area contributed by atoms with Crippen LogP contribution in [0.25, 0.3) is 22.3 Å². The van der Waals surface area contributed by atoms with E-state index in [-0.39, 0.29) is 36.2 Å². The minimum absolute atomic E-state index is 0.0961. The van der Waals surface area contributed by atoms with Crippen molar-refractivity contribution < 1.29 is 33.3 Å². The summed E-state index contributed by atoms with van der Waals surface area (Å²) in [4.78, 5) is 70.8. The average Bonchev–Trinajstić information content (AvgIpc) is 3.66. The predicted molar refractivity (Wildman–Crippen MR) is 209 cm³/mol. The van der Waals surface area contributed by atoms with Crippen LogP contribution in [0.3, 0.4) is 0 Å². The number of aromatic amines is 1. The summed E-state index contributed by atoms with van der Waals surface area (Å²) in [6.45, 7) is 10.8. The summed E-state index contributed by atoms with van der Waals surface area (Å²) >= 11 is 0. The molecule has 1 fully saturated rings. The normalized spacial score (nSPS) is 13.4. The van der Waals surface area contributed by atoms with Crippen molar-refractivity contribution in [2.45, 2.75) is 58.5 Å².